The number of rotatable bonds is 22. The molecule has 23 heteroatoms. The maximum absolute atomic E-state index is 12.9. The fourth-order valence-corrected chi connectivity index (χ4v) is 10.1. The van der Waals surface area contributed by atoms with Gasteiger partial charge in [0.05, 0.1) is 72.3 Å². The summed E-state index contributed by atoms with van der Waals surface area (Å²) in [6.07, 6.45) is 12.1. The standard InChI is InChI=1S/C54H46F3N15O4S/c1-70-42-10-17-60-39(49(42)36-3-7-46(66-51(36)70)65-48-31-77-54(69-48)76-21-14-57)30-72-43-11-18-61-40(50(43)37-4-6-44(67-53(37)72)63-32-24-34(27-59-26-32)75-23-22-73-19-12-55)29-71-41-9-15-58-28-38(41)35-2-5-45(68-52(35)71)64-47-25-33(8-16-62-47)74-20-13-56/h2-11,15-18,24-28,31H,12-14,19-23,29-30H2,1H3,(H,63,67)(H,65,66)(H,62,64,68). The molecule has 0 saturated carbocycles. The van der Waals surface area contributed by atoms with E-state index in [1.807, 2.05) is 84.7 Å². The summed E-state index contributed by atoms with van der Waals surface area (Å²) in [5, 5.41) is 17.6. The highest BCUT2D eigenvalue weighted by Gasteiger charge is 2.23. The Morgan fingerprint density at radius 1 is 0.494 bits per heavy atom. The Bertz CT molecular complexity index is 4110. The second kappa shape index (κ2) is 21.6. The maximum Gasteiger partial charge on any atom is 0.275 e. The normalized spacial score (nSPS) is 11.7. The molecule has 0 spiro atoms. The van der Waals surface area contributed by atoms with Crippen molar-refractivity contribution in [2.75, 3.05) is 69.0 Å². The number of fused-ring (bicyclic) bond motifs is 9. The van der Waals surface area contributed by atoms with Crippen LogP contribution >= 0.6 is 11.3 Å². The number of halogens is 3. The van der Waals surface area contributed by atoms with Crippen LogP contribution in [0.25, 0.3) is 65.8 Å². The van der Waals surface area contributed by atoms with Gasteiger partial charge in [-0.15, -0.1) is 0 Å². The van der Waals surface area contributed by atoms with E-state index in [9.17, 15) is 13.2 Å². The summed E-state index contributed by atoms with van der Waals surface area (Å²) in [4.78, 5) is 43.3. The first kappa shape index (κ1) is 48.7. The molecule has 19 nitrogen and oxygen atoms in total. The van der Waals surface area contributed by atoms with Gasteiger partial charge in [-0.05, 0) is 60.7 Å². The van der Waals surface area contributed by atoms with Crippen LogP contribution in [0.15, 0.2) is 122 Å². The third-order valence-electron chi connectivity index (χ3n) is 12.7. The summed E-state index contributed by atoms with van der Waals surface area (Å²) < 4.78 is 66.6. The van der Waals surface area contributed by atoms with Crippen molar-refractivity contribution < 1.29 is 32.1 Å². The van der Waals surface area contributed by atoms with Crippen LogP contribution in [0.3, 0.4) is 0 Å². The molecule has 12 rings (SSSR count). The van der Waals surface area contributed by atoms with Gasteiger partial charge in [-0.3, -0.25) is 19.9 Å². The smallest absolute Gasteiger partial charge is 0.275 e. The lowest BCUT2D eigenvalue weighted by atomic mass is 10.1. The van der Waals surface area contributed by atoms with Crippen molar-refractivity contribution in [1.29, 1.82) is 0 Å². The van der Waals surface area contributed by atoms with E-state index in [1.165, 1.54) is 11.3 Å². The highest BCUT2D eigenvalue weighted by molar-refractivity contribution is 7.11. The van der Waals surface area contributed by atoms with Gasteiger partial charge < -0.3 is 48.6 Å². The van der Waals surface area contributed by atoms with Crippen molar-refractivity contribution in [1.82, 2.24) is 58.6 Å². The lowest BCUT2D eigenvalue weighted by Gasteiger charge is -2.11. The molecule has 0 aliphatic rings. The number of nitrogens with one attached hydrogen (secondary N) is 3. The van der Waals surface area contributed by atoms with E-state index in [1.54, 1.807) is 48.5 Å². The monoisotopic (exact) mass is 1060 g/mol. The molecule has 0 aliphatic carbocycles. The van der Waals surface area contributed by atoms with Crippen LogP contribution in [-0.4, -0.2) is 112 Å². The lowest BCUT2D eigenvalue weighted by molar-refractivity contribution is 0.0896. The zero-order valence-corrected chi connectivity index (χ0v) is 42.0. The molecular formula is C54H46F3N15O4S. The molecule has 12 aromatic heterocycles. The first-order chi connectivity index (χ1) is 37.9. The van der Waals surface area contributed by atoms with E-state index >= 15 is 0 Å². The maximum atomic E-state index is 12.9. The molecule has 77 heavy (non-hydrogen) atoms. The molecule has 0 atom stereocenters. The fraction of sp³-hybridized carbons (Fsp3) is 0.204. The number of ether oxygens (including phenoxy) is 4. The largest absolute Gasteiger partial charge is 0.491 e. The molecule has 0 fully saturated rings. The van der Waals surface area contributed by atoms with Gasteiger partial charge >= 0.3 is 0 Å². The topological polar surface area (TPSA) is 204 Å². The van der Waals surface area contributed by atoms with Gasteiger partial charge in [0.25, 0.3) is 5.19 Å². The van der Waals surface area contributed by atoms with E-state index in [0.29, 0.717) is 75.9 Å². The van der Waals surface area contributed by atoms with Crippen LogP contribution < -0.4 is 30.2 Å². The lowest BCUT2D eigenvalue weighted by Crippen LogP contribution is -2.08. The zero-order chi connectivity index (χ0) is 52.2. The van der Waals surface area contributed by atoms with Crippen molar-refractivity contribution in [2.24, 2.45) is 7.05 Å². The molecule has 12 aromatic rings. The first-order valence-electron chi connectivity index (χ1n) is 24.5. The van der Waals surface area contributed by atoms with Gasteiger partial charge in [-0.1, -0.05) is 11.3 Å². The number of nitrogens with zero attached hydrogens (tertiary/aromatic N) is 12. The van der Waals surface area contributed by atoms with Crippen molar-refractivity contribution >= 4 is 112 Å². The Kier molecular flexibility index (Phi) is 13.6. The Labute approximate surface area is 439 Å². The predicted molar refractivity (Wildman–Crippen MR) is 290 cm³/mol. The highest BCUT2D eigenvalue weighted by Crippen LogP contribution is 2.38. The van der Waals surface area contributed by atoms with E-state index in [4.69, 9.17) is 43.9 Å². The Balaban J connectivity index is 0.950. The molecule has 0 saturated heterocycles. The fourth-order valence-electron chi connectivity index (χ4n) is 9.52. The number of hydrogen-bond acceptors (Lipinski definition) is 17. The van der Waals surface area contributed by atoms with Gasteiger partial charge in [0.15, 0.2) is 0 Å². The van der Waals surface area contributed by atoms with Crippen LogP contribution in [0.5, 0.6) is 16.7 Å². The van der Waals surface area contributed by atoms with Crippen LogP contribution in [0.2, 0.25) is 0 Å². The average Bonchev–Trinajstić information content (AvgIpc) is 4.28. The van der Waals surface area contributed by atoms with Gasteiger partial charge in [-0.25, -0.2) is 33.1 Å². The minimum Gasteiger partial charge on any atom is -0.491 e. The Morgan fingerprint density at radius 2 is 1.13 bits per heavy atom. The van der Waals surface area contributed by atoms with E-state index in [-0.39, 0.29) is 33.0 Å². The molecular weight excluding hydrogens is 1010 g/mol. The number of anilines is 6. The summed E-state index contributed by atoms with van der Waals surface area (Å²) in [5.41, 5.74) is 7.03. The van der Waals surface area contributed by atoms with Gasteiger partial charge in [-0.2, -0.15) is 4.98 Å². The SMILES string of the molecule is Cn1c2ccnc(Cn3c4ccnc(Cn5c6ccncc6c6ccc(Nc7cc(OCCF)ccn7)nc65)c4c4ccc(Nc5cncc(OCCOCCF)c5)nc43)c2c2ccc(Nc3csc(OCCF)n3)nc21. The highest BCUT2D eigenvalue weighted by atomic mass is 32.1. The van der Waals surface area contributed by atoms with Gasteiger partial charge in [0.2, 0.25) is 0 Å². The molecule has 0 aliphatic heterocycles. The molecule has 3 N–H and O–H groups in total. The van der Waals surface area contributed by atoms with Crippen molar-refractivity contribution in [3.63, 3.8) is 0 Å². The molecule has 0 amide bonds. The second-order valence-corrected chi connectivity index (χ2v) is 18.3. The Morgan fingerprint density at radius 3 is 1.92 bits per heavy atom. The van der Waals surface area contributed by atoms with E-state index in [0.717, 1.165) is 65.9 Å². The number of aromatic nitrogens is 12. The number of alkyl halides is 3. The van der Waals surface area contributed by atoms with Crippen molar-refractivity contribution in [2.45, 2.75) is 13.1 Å². The number of aryl methyl sites for hydroxylation is 1. The minimum atomic E-state index is -0.608. The van der Waals surface area contributed by atoms with Crippen LogP contribution in [0, 0.1) is 0 Å². The molecule has 388 valence electrons. The molecule has 0 radical (unpaired) electrons. The summed E-state index contributed by atoms with van der Waals surface area (Å²) in [7, 11) is 1.98. The summed E-state index contributed by atoms with van der Waals surface area (Å²) in [6, 6.07) is 22.9. The molecule has 0 unspecified atom stereocenters. The third-order valence-corrected chi connectivity index (χ3v) is 13.5. The van der Waals surface area contributed by atoms with E-state index in [2.05, 4.69) is 45.0 Å². The third kappa shape index (κ3) is 9.84. The van der Waals surface area contributed by atoms with Gasteiger partial charge in [0.1, 0.15) is 97.4 Å². The molecule has 0 bridgehead atoms. The number of hydrogen-bond donors (Lipinski definition) is 3. The number of thiazole rings is 1. The first-order valence-corrected chi connectivity index (χ1v) is 25.4. The zero-order valence-electron chi connectivity index (χ0n) is 41.2. The van der Waals surface area contributed by atoms with Crippen LogP contribution in [-0.2, 0) is 24.9 Å². The molecule has 0 aromatic carbocycles. The predicted octanol–water partition coefficient (Wildman–Crippen LogP) is 10.6. The summed E-state index contributed by atoms with van der Waals surface area (Å²) in [6.45, 7) is -0.782. The van der Waals surface area contributed by atoms with Crippen molar-refractivity contribution in [3.05, 3.63) is 133 Å². The summed E-state index contributed by atoms with van der Waals surface area (Å²) in [5.74, 6) is 3.69. The van der Waals surface area contributed by atoms with Crippen LogP contribution in [0.1, 0.15) is 11.4 Å². The van der Waals surface area contributed by atoms with Crippen molar-refractivity contribution in [3.8, 4) is 16.7 Å². The average molecular weight is 1060 g/mol. The second-order valence-electron chi connectivity index (χ2n) is 17.5. The summed E-state index contributed by atoms with van der Waals surface area (Å²) >= 11 is 1.27. The van der Waals surface area contributed by atoms with Crippen LogP contribution in [0.4, 0.5) is 47.9 Å². The van der Waals surface area contributed by atoms with Gasteiger partial charge in [0, 0.05) is 87.9 Å². The minimum absolute atomic E-state index is 0.00980. The Hall–Kier alpha value is -9.22. The molecule has 12 heterocycles. The van der Waals surface area contributed by atoms with E-state index < -0.39 is 20.0 Å². The number of pyridine rings is 8. The quantitative estimate of drug-likeness (QED) is 0.0540.